The SMILES string of the molecule is CC[C@H]1C[C@H]2C[C@H]3c4c(c5cc(OC(C)=O)ccc5n4C(=O)OC)CCN(C2)C13. The highest BCUT2D eigenvalue weighted by Gasteiger charge is 2.49. The van der Waals surface area contributed by atoms with E-state index in [2.05, 4.69) is 11.8 Å². The Morgan fingerprint density at radius 3 is 2.79 bits per heavy atom. The summed E-state index contributed by atoms with van der Waals surface area (Å²) >= 11 is 0. The second-order valence-corrected chi connectivity index (χ2v) is 8.79. The third-order valence-electron chi connectivity index (χ3n) is 7.26. The van der Waals surface area contributed by atoms with Crippen LogP contribution in [-0.4, -0.2) is 47.8 Å². The number of rotatable bonds is 2. The van der Waals surface area contributed by atoms with Gasteiger partial charge in [0.05, 0.1) is 12.6 Å². The summed E-state index contributed by atoms with van der Waals surface area (Å²) in [6, 6.07) is 6.05. The fourth-order valence-electron chi connectivity index (χ4n) is 6.35. The molecule has 2 saturated heterocycles. The van der Waals surface area contributed by atoms with Gasteiger partial charge in [0.25, 0.3) is 0 Å². The van der Waals surface area contributed by atoms with Gasteiger partial charge in [-0.05, 0) is 54.9 Å². The van der Waals surface area contributed by atoms with Gasteiger partial charge in [0, 0.05) is 43.1 Å². The molecule has 0 N–H and O–H groups in total. The molecule has 1 aromatic carbocycles. The van der Waals surface area contributed by atoms with Crippen molar-refractivity contribution in [1.82, 2.24) is 9.47 Å². The first-order valence-electron chi connectivity index (χ1n) is 10.7. The molecule has 1 aliphatic carbocycles. The van der Waals surface area contributed by atoms with Crippen LogP contribution in [0.2, 0.25) is 0 Å². The lowest BCUT2D eigenvalue weighted by Gasteiger charge is -2.53. The molecule has 154 valence electrons. The van der Waals surface area contributed by atoms with Crippen LogP contribution in [0.25, 0.3) is 10.9 Å². The molecule has 2 unspecified atom stereocenters. The van der Waals surface area contributed by atoms with Gasteiger partial charge in [-0.1, -0.05) is 13.3 Å². The summed E-state index contributed by atoms with van der Waals surface area (Å²) in [5, 5.41) is 1.00. The fourth-order valence-corrected chi connectivity index (χ4v) is 6.35. The number of carbonyl (C=O) groups excluding carboxylic acids is 2. The number of benzene rings is 1. The summed E-state index contributed by atoms with van der Waals surface area (Å²) in [6.07, 6.45) is 4.18. The fraction of sp³-hybridized carbons (Fsp3) is 0.565. The van der Waals surface area contributed by atoms with E-state index in [1.165, 1.54) is 39.0 Å². The molecule has 6 heteroatoms. The summed E-state index contributed by atoms with van der Waals surface area (Å²) in [7, 11) is 1.44. The lowest BCUT2D eigenvalue weighted by molar-refractivity contribution is -0.131. The van der Waals surface area contributed by atoms with E-state index in [0.717, 1.165) is 36.0 Å². The van der Waals surface area contributed by atoms with Gasteiger partial charge >= 0.3 is 12.1 Å². The maximum atomic E-state index is 12.9. The Balaban J connectivity index is 1.73. The van der Waals surface area contributed by atoms with E-state index >= 15 is 0 Å². The molecule has 1 saturated carbocycles. The number of nitrogens with zero attached hydrogens (tertiary/aromatic N) is 2. The smallest absolute Gasteiger partial charge is 0.418 e. The van der Waals surface area contributed by atoms with Crippen LogP contribution in [0.1, 0.15) is 50.3 Å². The number of hydrogen-bond acceptors (Lipinski definition) is 5. The lowest BCUT2D eigenvalue weighted by Crippen LogP contribution is -2.56. The highest BCUT2D eigenvalue weighted by molar-refractivity contribution is 5.95. The number of esters is 1. The molecule has 0 spiro atoms. The Kier molecular flexibility index (Phi) is 4.42. The summed E-state index contributed by atoms with van der Waals surface area (Å²) in [5.41, 5.74) is 3.19. The number of fused-ring (bicyclic) bond motifs is 4. The van der Waals surface area contributed by atoms with E-state index in [4.69, 9.17) is 9.47 Å². The lowest BCUT2D eigenvalue weighted by atomic mass is 9.65. The molecule has 0 amide bonds. The third kappa shape index (κ3) is 2.80. The quantitative estimate of drug-likeness (QED) is 0.568. The zero-order valence-electron chi connectivity index (χ0n) is 17.3. The molecular formula is C23H28N2O4. The van der Waals surface area contributed by atoms with E-state index < -0.39 is 0 Å². The Labute approximate surface area is 170 Å². The highest BCUT2D eigenvalue weighted by Crippen LogP contribution is 2.52. The van der Waals surface area contributed by atoms with Crippen LogP contribution in [0.15, 0.2) is 18.2 Å². The van der Waals surface area contributed by atoms with Crippen molar-refractivity contribution in [3.63, 3.8) is 0 Å². The second kappa shape index (κ2) is 6.87. The first-order chi connectivity index (χ1) is 14.0. The molecule has 5 atom stereocenters. The van der Waals surface area contributed by atoms with Gasteiger partial charge in [-0.3, -0.25) is 9.69 Å². The standard InChI is InChI=1S/C23H28N2O4/c1-4-15-9-14-10-19-21(15)24(12-14)8-7-17-18-11-16(29-13(2)26)5-6-20(18)25(22(17)19)23(27)28-3/h5-6,11,14-15,19,21H,4,7-10,12H2,1-3H3/t14-,15-,19+,21?/m0/s1. The number of aromatic nitrogens is 1. The van der Waals surface area contributed by atoms with Gasteiger partial charge in [-0.25, -0.2) is 9.36 Å². The van der Waals surface area contributed by atoms with Gasteiger partial charge in [0.15, 0.2) is 0 Å². The topological polar surface area (TPSA) is 60.8 Å². The molecule has 6 nitrogen and oxygen atoms in total. The molecule has 3 fully saturated rings. The van der Waals surface area contributed by atoms with E-state index in [1.54, 1.807) is 10.6 Å². The van der Waals surface area contributed by atoms with E-state index in [9.17, 15) is 9.59 Å². The largest absolute Gasteiger partial charge is 0.452 e. The molecule has 29 heavy (non-hydrogen) atoms. The van der Waals surface area contributed by atoms with Crippen molar-refractivity contribution in [2.24, 2.45) is 11.8 Å². The van der Waals surface area contributed by atoms with Crippen LogP contribution in [-0.2, 0) is 16.0 Å². The predicted molar refractivity (Wildman–Crippen MR) is 109 cm³/mol. The van der Waals surface area contributed by atoms with Crippen LogP contribution in [0.3, 0.4) is 0 Å². The average Bonchev–Trinajstić information content (AvgIpc) is 2.98. The van der Waals surface area contributed by atoms with Crippen molar-refractivity contribution in [1.29, 1.82) is 0 Å². The third-order valence-corrected chi connectivity index (χ3v) is 7.26. The molecule has 1 aromatic heterocycles. The van der Waals surface area contributed by atoms with E-state index in [-0.39, 0.29) is 12.1 Å². The average molecular weight is 396 g/mol. The number of piperidine rings is 2. The molecule has 6 rings (SSSR count). The molecule has 4 heterocycles. The minimum absolute atomic E-state index is 0.334. The normalized spacial score (nSPS) is 30.0. The summed E-state index contributed by atoms with van der Waals surface area (Å²) in [6.45, 7) is 5.89. The van der Waals surface area contributed by atoms with Crippen molar-refractivity contribution >= 4 is 23.0 Å². The zero-order valence-corrected chi connectivity index (χ0v) is 17.3. The molecule has 0 radical (unpaired) electrons. The minimum Gasteiger partial charge on any atom is -0.452 e. The van der Waals surface area contributed by atoms with Crippen LogP contribution in [0.5, 0.6) is 5.75 Å². The molecule has 2 aromatic rings. The number of hydrogen-bond donors (Lipinski definition) is 0. The van der Waals surface area contributed by atoms with Crippen LogP contribution >= 0.6 is 0 Å². The molecule has 3 aliphatic heterocycles. The maximum absolute atomic E-state index is 12.9. The molecule has 4 aliphatic rings. The van der Waals surface area contributed by atoms with Crippen molar-refractivity contribution in [2.75, 3.05) is 20.2 Å². The van der Waals surface area contributed by atoms with E-state index in [1.807, 2.05) is 12.1 Å². The Bertz CT molecular complexity index is 994. The molecule has 4 bridgehead atoms. The van der Waals surface area contributed by atoms with Crippen molar-refractivity contribution in [3.8, 4) is 5.75 Å². The monoisotopic (exact) mass is 396 g/mol. The van der Waals surface area contributed by atoms with Gasteiger partial charge in [0.2, 0.25) is 0 Å². The second-order valence-electron chi connectivity index (χ2n) is 8.79. The minimum atomic E-state index is -0.340. The Hall–Kier alpha value is -2.34. The van der Waals surface area contributed by atoms with Gasteiger partial charge in [-0.15, -0.1) is 0 Å². The van der Waals surface area contributed by atoms with Crippen LogP contribution in [0, 0.1) is 11.8 Å². The molecular weight excluding hydrogens is 368 g/mol. The Morgan fingerprint density at radius 2 is 2.07 bits per heavy atom. The summed E-state index contributed by atoms with van der Waals surface area (Å²) in [4.78, 5) is 27.0. The van der Waals surface area contributed by atoms with E-state index in [0.29, 0.717) is 29.5 Å². The predicted octanol–water partition coefficient (Wildman–Crippen LogP) is 3.94. The van der Waals surface area contributed by atoms with Crippen LogP contribution < -0.4 is 4.74 Å². The first kappa shape index (κ1) is 18.7. The zero-order chi connectivity index (χ0) is 20.3. The number of ether oxygens (including phenoxy) is 2. The first-order valence-corrected chi connectivity index (χ1v) is 10.7. The summed E-state index contributed by atoms with van der Waals surface area (Å²) in [5.74, 6) is 1.90. The van der Waals surface area contributed by atoms with Gasteiger partial charge in [-0.2, -0.15) is 0 Å². The highest BCUT2D eigenvalue weighted by atomic mass is 16.5. The number of methoxy groups -OCH3 is 1. The maximum Gasteiger partial charge on any atom is 0.418 e. The summed E-state index contributed by atoms with van der Waals surface area (Å²) < 4.78 is 12.3. The van der Waals surface area contributed by atoms with Crippen LogP contribution in [0.4, 0.5) is 4.79 Å². The van der Waals surface area contributed by atoms with Crippen molar-refractivity contribution in [3.05, 3.63) is 29.5 Å². The van der Waals surface area contributed by atoms with Crippen molar-refractivity contribution in [2.45, 2.75) is 51.5 Å². The number of carbonyl (C=O) groups is 2. The van der Waals surface area contributed by atoms with Gasteiger partial charge in [0.1, 0.15) is 5.75 Å². The van der Waals surface area contributed by atoms with Crippen molar-refractivity contribution < 1.29 is 19.1 Å². The van der Waals surface area contributed by atoms with Gasteiger partial charge < -0.3 is 9.47 Å². The Morgan fingerprint density at radius 1 is 1.24 bits per heavy atom.